The van der Waals surface area contributed by atoms with Crippen molar-refractivity contribution in [2.75, 3.05) is 13.7 Å². The van der Waals surface area contributed by atoms with E-state index in [4.69, 9.17) is 16.3 Å². The van der Waals surface area contributed by atoms with Crippen LogP contribution in [0, 0.1) is 0 Å². The molecule has 7 heteroatoms. The van der Waals surface area contributed by atoms with Crippen LogP contribution in [0.4, 0.5) is 17.6 Å². The van der Waals surface area contributed by atoms with Crippen LogP contribution >= 0.6 is 11.6 Å². The third kappa shape index (κ3) is 3.51. The van der Waals surface area contributed by atoms with Crippen LogP contribution < -0.4 is 10.1 Å². The Morgan fingerprint density at radius 2 is 2.00 bits per heavy atom. The highest BCUT2D eigenvalue weighted by Crippen LogP contribution is 2.40. The monoisotopic (exact) mass is 299 g/mol. The molecule has 0 saturated heterocycles. The average Bonchev–Trinajstić information content (AvgIpc) is 2.35. The molecule has 0 aromatic heterocycles. The number of benzene rings is 1. The molecule has 0 amide bonds. The lowest BCUT2D eigenvalue weighted by Crippen LogP contribution is -2.42. The van der Waals surface area contributed by atoms with Gasteiger partial charge in [0.2, 0.25) is 0 Å². The van der Waals surface area contributed by atoms with Gasteiger partial charge in [-0.05, 0) is 24.7 Å². The van der Waals surface area contributed by atoms with Gasteiger partial charge in [-0.2, -0.15) is 8.78 Å². The van der Waals surface area contributed by atoms with E-state index in [1.54, 1.807) is 6.92 Å². The minimum atomic E-state index is -4.23. The number of ether oxygens (including phenoxy) is 1. The number of hydrogen-bond donors (Lipinski definition) is 1. The van der Waals surface area contributed by atoms with Crippen LogP contribution in [-0.2, 0) is 0 Å². The lowest BCUT2D eigenvalue weighted by atomic mass is 9.99. The molecule has 0 fully saturated rings. The van der Waals surface area contributed by atoms with Gasteiger partial charge >= 0.3 is 12.3 Å². The first kappa shape index (κ1) is 16.0. The van der Waals surface area contributed by atoms with E-state index in [9.17, 15) is 17.6 Å². The lowest BCUT2D eigenvalue weighted by Gasteiger charge is -2.28. The van der Waals surface area contributed by atoms with E-state index >= 15 is 0 Å². The Hall–Kier alpha value is -1.01. The fourth-order valence-corrected chi connectivity index (χ4v) is 1.89. The molecule has 1 aromatic rings. The van der Waals surface area contributed by atoms with Crippen molar-refractivity contribution in [1.82, 2.24) is 5.32 Å². The summed E-state index contributed by atoms with van der Waals surface area (Å²) in [5.41, 5.74) is -0.0952. The predicted octanol–water partition coefficient (Wildman–Crippen LogP) is 3.90. The summed E-state index contributed by atoms with van der Waals surface area (Å²) in [4.78, 5) is 0. The van der Waals surface area contributed by atoms with E-state index in [0.717, 1.165) is 0 Å². The highest BCUT2D eigenvalue weighted by atomic mass is 35.5. The molecule has 0 aliphatic rings. The van der Waals surface area contributed by atoms with Gasteiger partial charge in [0.15, 0.2) is 0 Å². The maximum absolute atomic E-state index is 13.6. The van der Waals surface area contributed by atoms with Crippen molar-refractivity contribution >= 4 is 11.6 Å². The lowest BCUT2D eigenvalue weighted by molar-refractivity contribution is -0.151. The van der Waals surface area contributed by atoms with Crippen LogP contribution in [0.25, 0.3) is 0 Å². The number of alkyl halides is 4. The van der Waals surface area contributed by atoms with Crippen LogP contribution in [-0.4, -0.2) is 26.0 Å². The van der Waals surface area contributed by atoms with Crippen molar-refractivity contribution in [3.63, 3.8) is 0 Å². The minimum Gasteiger partial charge on any atom is -0.496 e. The number of nitrogens with one attached hydrogen (secondary N) is 1. The Labute approximate surface area is 113 Å². The molecular weight excluding hydrogens is 286 g/mol. The van der Waals surface area contributed by atoms with Crippen LogP contribution in [0.1, 0.15) is 18.5 Å². The summed E-state index contributed by atoms with van der Waals surface area (Å²) in [6.45, 7) is 1.65. The number of methoxy groups -OCH3 is 1. The Morgan fingerprint density at radius 3 is 2.47 bits per heavy atom. The molecule has 2 nitrogen and oxygen atoms in total. The van der Waals surface area contributed by atoms with Gasteiger partial charge in [0.1, 0.15) is 11.8 Å². The Bertz CT molecular complexity index is 428. The van der Waals surface area contributed by atoms with Crippen molar-refractivity contribution in [2.24, 2.45) is 0 Å². The van der Waals surface area contributed by atoms with Gasteiger partial charge in [0, 0.05) is 10.6 Å². The molecule has 108 valence electrons. The molecule has 0 saturated carbocycles. The van der Waals surface area contributed by atoms with Crippen LogP contribution in [0.5, 0.6) is 5.75 Å². The van der Waals surface area contributed by atoms with Gasteiger partial charge in [-0.1, -0.05) is 18.5 Å². The highest BCUT2D eigenvalue weighted by molar-refractivity contribution is 6.30. The van der Waals surface area contributed by atoms with E-state index in [0.29, 0.717) is 0 Å². The molecule has 1 N–H and O–H groups in total. The quantitative estimate of drug-likeness (QED) is 0.804. The molecule has 0 heterocycles. The molecular formula is C12H14ClF4NO. The molecule has 19 heavy (non-hydrogen) atoms. The fourth-order valence-electron chi connectivity index (χ4n) is 1.71. The van der Waals surface area contributed by atoms with Gasteiger partial charge in [0.05, 0.1) is 7.11 Å². The van der Waals surface area contributed by atoms with Crippen LogP contribution in [0.15, 0.2) is 18.2 Å². The Kier molecular flexibility index (Phi) is 5.43. The van der Waals surface area contributed by atoms with Crippen molar-refractivity contribution in [3.8, 4) is 5.75 Å². The molecule has 0 bridgehead atoms. The Balaban J connectivity index is 3.29. The molecule has 0 aliphatic heterocycles. The molecule has 1 rings (SSSR count). The summed E-state index contributed by atoms with van der Waals surface area (Å²) < 4.78 is 57.3. The van der Waals surface area contributed by atoms with Gasteiger partial charge in [-0.15, -0.1) is 0 Å². The Morgan fingerprint density at radius 1 is 1.37 bits per heavy atom. The van der Waals surface area contributed by atoms with E-state index in [-0.39, 0.29) is 22.9 Å². The standard InChI is InChI=1S/C12H14ClF4NO/c1-3-18-10(12(16,17)11(14)15)8-6-7(13)4-5-9(8)19-2/h4-6,10-11,18H,3H2,1-2H3. The molecule has 1 aromatic carbocycles. The largest absolute Gasteiger partial charge is 0.496 e. The van der Waals surface area contributed by atoms with Crippen LogP contribution in [0.2, 0.25) is 5.02 Å². The number of halogens is 5. The second kappa shape index (κ2) is 6.43. The van der Waals surface area contributed by atoms with Gasteiger partial charge in [-0.25, -0.2) is 8.78 Å². The summed E-state index contributed by atoms with van der Waals surface area (Å²) in [6, 6.07) is 2.13. The van der Waals surface area contributed by atoms with E-state index in [1.807, 2.05) is 0 Å². The summed E-state index contributed by atoms with van der Waals surface area (Å²) in [5.74, 6) is -4.15. The van der Waals surface area contributed by atoms with Crippen molar-refractivity contribution < 1.29 is 22.3 Å². The van der Waals surface area contributed by atoms with E-state index < -0.39 is 18.4 Å². The normalized spacial score (nSPS) is 13.7. The predicted molar refractivity (Wildman–Crippen MR) is 65.4 cm³/mol. The average molecular weight is 300 g/mol. The number of hydrogen-bond acceptors (Lipinski definition) is 2. The van der Waals surface area contributed by atoms with Crippen molar-refractivity contribution in [3.05, 3.63) is 28.8 Å². The third-order valence-corrected chi connectivity index (χ3v) is 2.82. The summed E-state index contributed by atoms with van der Waals surface area (Å²) in [7, 11) is 1.27. The first-order chi connectivity index (χ1) is 8.84. The van der Waals surface area contributed by atoms with Gasteiger partial charge < -0.3 is 10.1 Å². The first-order valence-electron chi connectivity index (χ1n) is 5.57. The maximum Gasteiger partial charge on any atom is 0.326 e. The minimum absolute atomic E-state index is 0.0793. The first-order valence-corrected chi connectivity index (χ1v) is 5.95. The topological polar surface area (TPSA) is 21.3 Å². The molecule has 0 aliphatic carbocycles. The van der Waals surface area contributed by atoms with Crippen molar-refractivity contribution in [1.29, 1.82) is 0 Å². The molecule has 0 radical (unpaired) electrons. The van der Waals surface area contributed by atoms with Crippen LogP contribution in [0.3, 0.4) is 0 Å². The molecule has 1 unspecified atom stereocenters. The SMILES string of the molecule is CCNC(c1cc(Cl)ccc1OC)C(F)(F)C(F)F. The van der Waals surface area contributed by atoms with Gasteiger partial charge in [-0.3, -0.25) is 0 Å². The third-order valence-electron chi connectivity index (χ3n) is 2.59. The second-order valence-electron chi connectivity index (χ2n) is 3.85. The highest BCUT2D eigenvalue weighted by Gasteiger charge is 2.50. The van der Waals surface area contributed by atoms with Gasteiger partial charge in [0.25, 0.3) is 0 Å². The summed E-state index contributed by atoms with van der Waals surface area (Å²) >= 11 is 5.73. The second-order valence-corrected chi connectivity index (χ2v) is 4.29. The molecule has 1 atom stereocenters. The zero-order valence-corrected chi connectivity index (χ0v) is 11.1. The number of rotatable bonds is 6. The fraction of sp³-hybridized carbons (Fsp3) is 0.500. The van der Waals surface area contributed by atoms with Crippen molar-refractivity contribution in [2.45, 2.75) is 25.3 Å². The molecule has 0 spiro atoms. The zero-order chi connectivity index (χ0) is 14.6. The zero-order valence-electron chi connectivity index (χ0n) is 10.4. The van der Waals surface area contributed by atoms with E-state index in [1.165, 1.54) is 25.3 Å². The van der Waals surface area contributed by atoms with E-state index in [2.05, 4.69) is 5.32 Å². The maximum atomic E-state index is 13.6. The summed E-state index contributed by atoms with van der Waals surface area (Å²) in [6.07, 6.45) is -3.79. The smallest absolute Gasteiger partial charge is 0.326 e. The summed E-state index contributed by atoms with van der Waals surface area (Å²) in [5, 5.41) is 2.52.